The van der Waals surface area contributed by atoms with Crippen LogP contribution in [0.2, 0.25) is 0 Å². The average molecular weight is 357 g/mol. The van der Waals surface area contributed by atoms with Crippen molar-refractivity contribution in [2.45, 2.75) is 45.2 Å². The van der Waals surface area contributed by atoms with Crippen molar-refractivity contribution < 1.29 is 13.6 Å². The molecule has 2 aromatic rings. The smallest absolute Gasteiger partial charge is 0.318 e. The number of piperidine rings is 1. The van der Waals surface area contributed by atoms with Gasteiger partial charge in [0.15, 0.2) is 0 Å². The zero-order valence-electron chi connectivity index (χ0n) is 14.8. The molecule has 26 heavy (non-hydrogen) atoms. The van der Waals surface area contributed by atoms with Gasteiger partial charge in [-0.3, -0.25) is 4.98 Å². The third-order valence-corrected chi connectivity index (χ3v) is 5.49. The molecule has 1 aromatic heterocycles. The van der Waals surface area contributed by atoms with Gasteiger partial charge in [-0.05, 0) is 61.4 Å². The number of rotatable bonds is 2. The van der Waals surface area contributed by atoms with Crippen LogP contribution in [0, 0.1) is 24.5 Å². The number of amides is 2. The van der Waals surface area contributed by atoms with Crippen LogP contribution < -0.4 is 5.32 Å². The van der Waals surface area contributed by atoms with Gasteiger partial charge in [0.2, 0.25) is 0 Å². The van der Waals surface area contributed by atoms with E-state index < -0.39 is 11.6 Å². The molecule has 2 fully saturated rings. The van der Waals surface area contributed by atoms with Crippen LogP contribution in [-0.4, -0.2) is 28.0 Å². The number of nitrogens with zero attached hydrogens (tertiary/aromatic N) is 2. The van der Waals surface area contributed by atoms with Crippen LogP contribution >= 0.6 is 0 Å². The van der Waals surface area contributed by atoms with Gasteiger partial charge in [0.25, 0.3) is 0 Å². The molecule has 4 rings (SSSR count). The van der Waals surface area contributed by atoms with E-state index in [9.17, 15) is 13.6 Å². The van der Waals surface area contributed by atoms with E-state index in [0.717, 1.165) is 25.5 Å². The Morgan fingerprint density at radius 3 is 2.58 bits per heavy atom. The second-order valence-corrected chi connectivity index (χ2v) is 7.50. The number of aromatic nitrogens is 1. The molecule has 0 aliphatic carbocycles. The molecule has 2 unspecified atom stereocenters. The SMILES string of the molecule is Cc1cc(F)c(NC(=O)N2C3CC(C)CC2C3)cc1-c1cncc(F)c1. The number of hydrogen-bond donors (Lipinski definition) is 1. The summed E-state index contributed by atoms with van der Waals surface area (Å²) in [5.74, 6) is -0.326. The van der Waals surface area contributed by atoms with Crippen molar-refractivity contribution in [1.29, 1.82) is 0 Å². The number of urea groups is 1. The van der Waals surface area contributed by atoms with Crippen molar-refractivity contribution in [2.24, 2.45) is 5.92 Å². The van der Waals surface area contributed by atoms with Gasteiger partial charge in [-0.1, -0.05) is 6.92 Å². The number of carbonyl (C=O) groups is 1. The standard InChI is InChI=1S/C20H21F2N3O/c1-11-3-15-7-16(4-11)25(15)20(26)24-19-8-17(12(2)5-18(19)22)13-6-14(21)10-23-9-13/h5-6,8-11,15-16H,3-4,7H2,1-2H3,(H,24,26). The molecule has 0 spiro atoms. The summed E-state index contributed by atoms with van der Waals surface area (Å²) in [6, 6.07) is 4.50. The number of anilines is 1. The molecule has 1 aromatic carbocycles. The molecule has 4 nitrogen and oxygen atoms in total. The molecule has 2 atom stereocenters. The number of halogens is 2. The number of pyridine rings is 1. The molecule has 2 bridgehead atoms. The van der Waals surface area contributed by atoms with E-state index in [2.05, 4.69) is 17.2 Å². The van der Waals surface area contributed by atoms with E-state index in [4.69, 9.17) is 0 Å². The molecule has 2 aliphatic heterocycles. The number of benzene rings is 1. The fourth-order valence-corrected chi connectivity index (χ4v) is 4.30. The largest absolute Gasteiger partial charge is 0.322 e. The number of fused-ring (bicyclic) bond motifs is 2. The van der Waals surface area contributed by atoms with Crippen molar-refractivity contribution in [3.8, 4) is 11.1 Å². The van der Waals surface area contributed by atoms with Gasteiger partial charge < -0.3 is 10.2 Å². The summed E-state index contributed by atoms with van der Waals surface area (Å²) in [5.41, 5.74) is 1.96. The third kappa shape index (κ3) is 2.93. The first-order chi connectivity index (χ1) is 12.4. The topological polar surface area (TPSA) is 45.2 Å². The molecule has 1 N–H and O–H groups in total. The van der Waals surface area contributed by atoms with Gasteiger partial charge in [-0.25, -0.2) is 13.6 Å². The highest BCUT2D eigenvalue weighted by atomic mass is 19.1. The van der Waals surface area contributed by atoms with Crippen LogP contribution in [0.25, 0.3) is 11.1 Å². The maximum Gasteiger partial charge on any atom is 0.322 e. The molecule has 3 heterocycles. The van der Waals surface area contributed by atoms with Crippen LogP contribution in [0.4, 0.5) is 19.3 Å². The second kappa shape index (κ2) is 6.34. The molecular formula is C20H21F2N3O. The fraction of sp³-hybridized carbons (Fsp3) is 0.400. The lowest BCUT2D eigenvalue weighted by atomic mass is 9.74. The number of hydrogen-bond acceptors (Lipinski definition) is 2. The van der Waals surface area contributed by atoms with Gasteiger partial charge in [0.05, 0.1) is 11.9 Å². The summed E-state index contributed by atoms with van der Waals surface area (Å²) in [5, 5.41) is 2.71. The molecule has 136 valence electrons. The molecule has 2 saturated heterocycles. The van der Waals surface area contributed by atoms with Crippen LogP contribution in [0.15, 0.2) is 30.6 Å². The van der Waals surface area contributed by atoms with Gasteiger partial charge in [-0.15, -0.1) is 0 Å². The Morgan fingerprint density at radius 1 is 1.15 bits per heavy atom. The van der Waals surface area contributed by atoms with Crippen LogP contribution in [0.3, 0.4) is 0 Å². The summed E-state index contributed by atoms with van der Waals surface area (Å²) < 4.78 is 27.9. The Balaban J connectivity index is 1.59. The lowest BCUT2D eigenvalue weighted by molar-refractivity contribution is -0.00603. The minimum atomic E-state index is -0.497. The molecule has 0 saturated carbocycles. The lowest BCUT2D eigenvalue weighted by Crippen LogP contribution is -2.63. The zero-order valence-corrected chi connectivity index (χ0v) is 14.8. The summed E-state index contributed by atoms with van der Waals surface area (Å²) in [6.45, 7) is 3.95. The highest BCUT2D eigenvalue weighted by Gasteiger charge is 2.46. The predicted octanol–water partition coefficient (Wildman–Crippen LogP) is 4.74. The highest BCUT2D eigenvalue weighted by Crippen LogP contribution is 2.41. The molecule has 6 heteroatoms. The molecule has 2 amide bonds. The summed E-state index contributed by atoms with van der Waals surface area (Å²) in [6.07, 6.45) is 5.68. The van der Waals surface area contributed by atoms with Crippen LogP contribution in [-0.2, 0) is 0 Å². The Morgan fingerprint density at radius 2 is 1.88 bits per heavy atom. The number of nitrogens with one attached hydrogen (secondary N) is 1. The van der Waals surface area contributed by atoms with E-state index in [1.165, 1.54) is 18.3 Å². The average Bonchev–Trinajstić information content (AvgIpc) is 2.56. The maximum atomic E-state index is 14.4. The van der Waals surface area contributed by atoms with Gasteiger partial charge in [0, 0.05) is 23.8 Å². The fourth-order valence-electron chi connectivity index (χ4n) is 4.30. The number of aryl methyl sites for hydroxylation is 1. The van der Waals surface area contributed by atoms with E-state index in [1.807, 2.05) is 4.90 Å². The monoisotopic (exact) mass is 357 g/mol. The van der Waals surface area contributed by atoms with E-state index in [-0.39, 0.29) is 23.8 Å². The van der Waals surface area contributed by atoms with E-state index in [0.29, 0.717) is 22.6 Å². The second-order valence-electron chi connectivity index (χ2n) is 7.50. The van der Waals surface area contributed by atoms with Crippen molar-refractivity contribution in [2.75, 3.05) is 5.32 Å². The summed E-state index contributed by atoms with van der Waals surface area (Å²) >= 11 is 0. The van der Waals surface area contributed by atoms with Crippen LogP contribution in [0.1, 0.15) is 31.7 Å². The minimum Gasteiger partial charge on any atom is -0.318 e. The molecular weight excluding hydrogens is 336 g/mol. The highest BCUT2D eigenvalue weighted by molar-refractivity contribution is 5.91. The summed E-state index contributed by atoms with van der Waals surface area (Å²) in [4.78, 5) is 18.3. The van der Waals surface area contributed by atoms with E-state index in [1.54, 1.807) is 13.0 Å². The van der Waals surface area contributed by atoms with Gasteiger partial charge in [-0.2, -0.15) is 0 Å². The van der Waals surface area contributed by atoms with Crippen LogP contribution in [0.5, 0.6) is 0 Å². The number of carbonyl (C=O) groups excluding carboxylic acids is 1. The maximum absolute atomic E-state index is 14.4. The Labute approximate surface area is 151 Å². The van der Waals surface area contributed by atoms with E-state index >= 15 is 0 Å². The van der Waals surface area contributed by atoms with Crippen molar-refractivity contribution >= 4 is 11.7 Å². The Bertz CT molecular complexity index is 858. The first kappa shape index (κ1) is 16.9. The first-order valence-corrected chi connectivity index (χ1v) is 8.92. The Hall–Kier alpha value is -2.50. The molecule has 2 aliphatic rings. The van der Waals surface area contributed by atoms with Crippen molar-refractivity contribution in [3.05, 3.63) is 47.8 Å². The lowest BCUT2D eigenvalue weighted by Gasteiger charge is -2.54. The predicted molar refractivity (Wildman–Crippen MR) is 95.8 cm³/mol. The van der Waals surface area contributed by atoms with Crippen molar-refractivity contribution in [1.82, 2.24) is 9.88 Å². The third-order valence-electron chi connectivity index (χ3n) is 5.49. The van der Waals surface area contributed by atoms with Crippen molar-refractivity contribution in [3.63, 3.8) is 0 Å². The van der Waals surface area contributed by atoms with Gasteiger partial charge >= 0.3 is 6.03 Å². The molecule has 0 radical (unpaired) electrons. The minimum absolute atomic E-state index is 0.109. The quantitative estimate of drug-likeness (QED) is 0.844. The summed E-state index contributed by atoms with van der Waals surface area (Å²) in [7, 11) is 0. The zero-order chi connectivity index (χ0) is 18.4. The Kier molecular flexibility index (Phi) is 4.13. The van der Waals surface area contributed by atoms with Gasteiger partial charge in [0.1, 0.15) is 11.6 Å². The first-order valence-electron chi connectivity index (χ1n) is 8.92. The normalized spacial score (nSPS) is 24.2.